The van der Waals surface area contributed by atoms with Crippen LogP contribution in [-0.2, 0) is 0 Å². The summed E-state index contributed by atoms with van der Waals surface area (Å²) in [6, 6.07) is 3.89. The molecule has 0 aromatic carbocycles. The quantitative estimate of drug-likeness (QED) is 0.832. The molecular formula is C13H25N3. The van der Waals surface area contributed by atoms with E-state index in [-0.39, 0.29) is 0 Å². The molecule has 0 atom stereocenters. The first kappa shape index (κ1) is 14.8. The molecule has 0 fully saturated rings. The molecule has 16 heavy (non-hydrogen) atoms. The third-order valence-corrected chi connectivity index (χ3v) is 2.08. The third kappa shape index (κ3) is 5.01. The summed E-state index contributed by atoms with van der Waals surface area (Å²) >= 11 is 0. The van der Waals surface area contributed by atoms with Crippen LogP contribution in [-0.4, -0.2) is 18.1 Å². The molecule has 3 nitrogen and oxygen atoms in total. The average molecular weight is 223 g/mol. The van der Waals surface area contributed by atoms with Gasteiger partial charge in [0.15, 0.2) is 0 Å². The molecule has 0 amide bonds. The van der Waals surface area contributed by atoms with Gasteiger partial charge in [0.1, 0.15) is 5.82 Å². The molecule has 0 aliphatic heterocycles. The first-order valence-corrected chi connectivity index (χ1v) is 6.24. The maximum atomic E-state index is 5.59. The van der Waals surface area contributed by atoms with Crippen LogP contribution in [0.3, 0.4) is 0 Å². The lowest BCUT2D eigenvalue weighted by Crippen LogP contribution is -2.25. The lowest BCUT2D eigenvalue weighted by Gasteiger charge is -2.22. The average Bonchev–Trinajstić information content (AvgIpc) is 2.32. The van der Waals surface area contributed by atoms with Gasteiger partial charge in [-0.2, -0.15) is 0 Å². The predicted octanol–water partition coefficient (Wildman–Crippen LogP) is 3.32. The zero-order valence-corrected chi connectivity index (χ0v) is 11.0. The molecule has 0 unspecified atom stereocenters. The highest BCUT2D eigenvalue weighted by atomic mass is 15.2. The Morgan fingerprint density at radius 1 is 1.12 bits per heavy atom. The van der Waals surface area contributed by atoms with Crippen LogP contribution in [0.25, 0.3) is 0 Å². The smallest absolute Gasteiger partial charge is 0.128 e. The molecule has 2 N–H and O–H groups in total. The van der Waals surface area contributed by atoms with E-state index in [0.29, 0.717) is 0 Å². The van der Waals surface area contributed by atoms with Gasteiger partial charge in [-0.15, -0.1) is 0 Å². The summed E-state index contributed by atoms with van der Waals surface area (Å²) in [6.45, 7) is 10.5. The number of nitrogens with two attached hydrogens (primary N) is 1. The molecular weight excluding hydrogens is 198 g/mol. The molecule has 0 saturated heterocycles. The Labute approximate surface area is 99.7 Å². The summed E-state index contributed by atoms with van der Waals surface area (Å²) in [4.78, 5) is 6.61. The van der Waals surface area contributed by atoms with Gasteiger partial charge in [0.2, 0.25) is 0 Å². The first-order valence-electron chi connectivity index (χ1n) is 6.24. The Balaban J connectivity index is 0.00000106. The summed E-state index contributed by atoms with van der Waals surface area (Å²) in [5, 5.41) is 0. The maximum absolute atomic E-state index is 5.59. The van der Waals surface area contributed by atoms with Gasteiger partial charge in [-0.3, -0.25) is 0 Å². The minimum absolute atomic E-state index is 0.724. The van der Waals surface area contributed by atoms with Gasteiger partial charge >= 0.3 is 0 Å². The molecule has 1 aromatic heterocycles. The highest BCUT2D eigenvalue weighted by Crippen LogP contribution is 2.12. The SMILES string of the molecule is CC.CCCN(CCC)c1ccc(N)cn1. The van der Waals surface area contributed by atoms with E-state index in [9.17, 15) is 0 Å². The van der Waals surface area contributed by atoms with Crippen LogP contribution in [0.5, 0.6) is 0 Å². The topological polar surface area (TPSA) is 42.1 Å². The summed E-state index contributed by atoms with van der Waals surface area (Å²) in [7, 11) is 0. The van der Waals surface area contributed by atoms with Gasteiger partial charge in [-0.25, -0.2) is 4.98 Å². The van der Waals surface area contributed by atoms with Crippen LogP contribution < -0.4 is 10.6 Å². The van der Waals surface area contributed by atoms with Crippen molar-refractivity contribution in [3.05, 3.63) is 18.3 Å². The molecule has 0 radical (unpaired) electrons. The van der Waals surface area contributed by atoms with E-state index in [1.165, 1.54) is 0 Å². The summed E-state index contributed by atoms with van der Waals surface area (Å²) in [6.07, 6.45) is 4.01. The van der Waals surface area contributed by atoms with E-state index >= 15 is 0 Å². The summed E-state index contributed by atoms with van der Waals surface area (Å²) in [5.41, 5.74) is 6.32. The molecule has 1 aromatic rings. The van der Waals surface area contributed by atoms with Crippen molar-refractivity contribution >= 4 is 11.5 Å². The number of hydrogen-bond donors (Lipinski definition) is 1. The molecule has 1 heterocycles. The van der Waals surface area contributed by atoms with Gasteiger partial charge in [-0.05, 0) is 25.0 Å². The number of pyridine rings is 1. The Morgan fingerprint density at radius 3 is 2.06 bits per heavy atom. The highest BCUT2D eigenvalue weighted by molar-refractivity contribution is 5.45. The van der Waals surface area contributed by atoms with Gasteiger partial charge in [0.25, 0.3) is 0 Å². The lowest BCUT2D eigenvalue weighted by molar-refractivity contribution is 0.734. The fourth-order valence-electron chi connectivity index (χ4n) is 1.47. The van der Waals surface area contributed by atoms with E-state index in [1.807, 2.05) is 26.0 Å². The maximum Gasteiger partial charge on any atom is 0.128 e. The van der Waals surface area contributed by atoms with Crippen molar-refractivity contribution in [2.75, 3.05) is 23.7 Å². The minimum atomic E-state index is 0.724. The van der Waals surface area contributed by atoms with E-state index in [2.05, 4.69) is 23.7 Å². The van der Waals surface area contributed by atoms with Gasteiger partial charge in [-0.1, -0.05) is 27.7 Å². The van der Waals surface area contributed by atoms with Crippen LogP contribution in [0, 0.1) is 0 Å². The van der Waals surface area contributed by atoms with E-state index < -0.39 is 0 Å². The Kier molecular flexibility index (Phi) is 8.31. The fourth-order valence-corrected chi connectivity index (χ4v) is 1.47. The second-order valence-electron chi connectivity index (χ2n) is 3.44. The molecule has 0 bridgehead atoms. The number of anilines is 2. The van der Waals surface area contributed by atoms with Crippen LogP contribution in [0.1, 0.15) is 40.5 Å². The highest BCUT2D eigenvalue weighted by Gasteiger charge is 2.04. The van der Waals surface area contributed by atoms with Crippen molar-refractivity contribution < 1.29 is 0 Å². The van der Waals surface area contributed by atoms with Crippen molar-refractivity contribution in [1.29, 1.82) is 0 Å². The minimum Gasteiger partial charge on any atom is -0.397 e. The fraction of sp³-hybridized carbons (Fsp3) is 0.615. The molecule has 92 valence electrons. The molecule has 0 spiro atoms. The number of nitrogen functional groups attached to an aromatic ring is 1. The normalized spacial score (nSPS) is 9.25. The van der Waals surface area contributed by atoms with Crippen molar-refractivity contribution in [3.63, 3.8) is 0 Å². The molecule has 0 aliphatic rings. The Bertz CT molecular complexity index is 250. The zero-order valence-electron chi connectivity index (χ0n) is 11.0. The number of nitrogens with zero attached hydrogens (tertiary/aromatic N) is 2. The van der Waals surface area contributed by atoms with Crippen LogP contribution in [0.4, 0.5) is 11.5 Å². The van der Waals surface area contributed by atoms with E-state index in [1.54, 1.807) is 6.20 Å². The summed E-state index contributed by atoms with van der Waals surface area (Å²) < 4.78 is 0. The Hall–Kier alpha value is -1.25. The van der Waals surface area contributed by atoms with Crippen molar-refractivity contribution in [2.45, 2.75) is 40.5 Å². The number of hydrogen-bond acceptors (Lipinski definition) is 3. The summed E-state index contributed by atoms with van der Waals surface area (Å²) in [5.74, 6) is 1.03. The molecule has 3 heteroatoms. The van der Waals surface area contributed by atoms with Crippen LogP contribution >= 0.6 is 0 Å². The van der Waals surface area contributed by atoms with Crippen LogP contribution in [0.15, 0.2) is 18.3 Å². The van der Waals surface area contributed by atoms with E-state index in [0.717, 1.165) is 37.4 Å². The van der Waals surface area contributed by atoms with Crippen molar-refractivity contribution in [3.8, 4) is 0 Å². The monoisotopic (exact) mass is 223 g/mol. The van der Waals surface area contributed by atoms with Gasteiger partial charge in [0, 0.05) is 13.1 Å². The standard InChI is InChI=1S/C11H19N3.C2H6/c1-3-7-14(8-4-2)11-6-5-10(12)9-13-11;1-2/h5-6,9H,3-4,7-8,12H2,1-2H3;1-2H3. The molecule has 0 saturated carbocycles. The predicted molar refractivity (Wildman–Crippen MR) is 72.8 cm³/mol. The van der Waals surface area contributed by atoms with Crippen molar-refractivity contribution in [2.24, 2.45) is 0 Å². The number of rotatable bonds is 5. The first-order chi connectivity index (χ1) is 7.77. The van der Waals surface area contributed by atoms with E-state index in [4.69, 9.17) is 5.73 Å². The van der Waals surface area contributed by atoms with Crippen LogP contribution in [0.2, 0.25) is 0 Å². The number of aromatic nitrogens is 1. The van der Waals surface area contributed by atoms with Gasteiger partial charge in [0.05, 0.1) is 11.9 Å². The second-order valence-corrected chi connectivity index (χ2v) is 3.44. The lowest BCUT2D eigenvalue weighted by atomic mass is 10.3. The Morgan fingerprint density at radius 2 is 1.69 bits per heavy atom. The second kappa shape index (κ2) is 9.01. The van der Waals surface area contributed by atoms with Gasteiger partial charge < -0.3 is 10.6 Å². The molecule has 0 aliphatic carbocycles. The largest absolute Gasteiger partial charge is 0.397 e. The zero-order chi connectivity index (χ0) is 12.4. The van der Waals surface area contributed by atoms with Crippen molar-refractivity contribution in [1.82, 2.24) is 4.98 Å². The molecule has 1 rings (SSSR count). The third-order valence-electron chi connectivity index (χ3n) is 2.08.